The molecule has 0 bridgehead atoms. The van der Waals surface area contributed by atoms with Crippen molar-refractivity contribution in [1.82, 2.24) is 9.97 Å². The normalized spacial score (nSPS) is 19.4. The Kier molecular flexibility index (Phi) is 3.10. The Labute approximate surface area is 112 Å². The standard InChI is InChI=1S/C13H15N3O2S/c17-19(18)7-3-10(4-8-19)16-11-1-2-12-13(9-11)15-6-5-14-12/h1-2,5-6,9-10,16H,3-4,7-8H2. The molecule has 19 heavy (non-hydrogen) atoms. The summed E-state index contributed by atoms with van der Waals surface area (Å²) in [6.07, 6.45) is 4.67. The quantitative estimate of drug-likeness (QED) is 0.903. The van der Waals surface area contributed by atoms with E-state index in [0.29, 0.717) is 12.8 Å². The van der Waals surface area contributed by atoms with Gasteiger partial charge in [-0.25, -0.2) is 8.42 Å². The highest BCUT2D eigenvalue weighted by atomic mass is 32.2. The van der Waals surface area contributed by atoms with Crippen LogP contribution in [0.2, 0.25) is 0 Å². The number of nitrogens with zero attached hydrogens (tertiary/aromatic N) is 2. The molecular formula is C13H15N3O2S. The smallest absolute Gasteiger partial charge is 0.150 e. The molecule has 0 unspecified atom stereocenters. The van der Waals surface area contributed by atoms with Gasteiger partial charge in [0, 0.05) is 24.1 Å². The molecule has 2 heterocycles. The van der Waals surface area contributed by atoms with Crippen LogP contribution in [0, 0.1) is 0 Å². The highest BCUT2D eigenvalue weighted by Gasteiger charge is 2.23. The molecule has 1 N–H and O–H groups in total. The summed E-state index contributed by atoms with van der Waals surface area (Å²) >= 11 is 0. The molecule has 0 spiro atoms. The van der Waals surface area contributed by atoms with E-state index in [4.69, 9.17) is 0 Å². The molecule has 0 aliphatic carbocycles. The van der Waals surface area contributed by atoms with Crippen LogP contribution in [0.1, 0.15) is 12.8 Å². The van der Waals surface area contributed by atoms with E-state index >= 15 is 0 Å². The lowest BCUT2D eigenvalue weighted by Crippen LogP contribution is -2.32. The molecule has 0 saturated carbocycles. The van der Waals surface area contributed by atoms with E-state index in [1.165, 1.54) is 0 Å². The van der Waals surface area contributed by atoms with Gasteiger partial charge >= 0.3 is 0 Å². The number of fused-ring (bicyclic) bond motifs is 1. The van der Waals surface area contributed by atoms with Gasteiger partial charge in [-0.1, -0.05) is 0 Å². The molecule has 1 aliphatic rings. The molecule has 100 valence electrons. The zero-order valence-electron chi connectivity index (χ0n) is 10.4. The van der Waals surface area contributed by atoms with Gasteiger partial charge in [0.2, 0.25) is 0 Å². The molecule has 1 saturated heterocycles. The molecule has 5 nitrogen and oxygen atoms in total. The Hall–Kier alpha value is -1.69. The van der Waals surface area contributed by atoms with Gasteiger partial charge in [0.25, 0.3) is 0 Å². The van der Waals surface area contributed by atoms with Crippen molar-refractivity contribution < 1.29 is 8.42 Å². The lowest BCUT2D eigenvalue weighted by molar-refractivity contribution is 0.559. The average molecular weight is 277 g/mol. The maximum absolute atomic E-state index is 11.4. The Morgan fingerprint density at radius 3 is 2.47 bits per heavy atom. The minimum absolute atomic E-state index is 0.220. The van der Waals surface area contributed by atoms with Crippen molar-refractivity contribution in [2.75, 3.05) is 16.8 Å². The lowest BCUT2D eigenvalue weighted by Gasteiger charge is -2.24. The fourth-order valence-corrected chi connectivity index (χ4v) is 3.81. The third-order valence-corrected chi connectivity index (χ3v) is 5.11. The fourth-order valence-electron chi connectivity index (χ4n) is 2.32. The van der Waals surface area contributed by atoms with Crippen LogP contribution in [-0.2, 0) is 9.84 Å². The fraction of sp³-hybridized carbons (Fsp3) is 0.385. The summed E-state index contributed by atoms with van der Waals surface area (Å²) in [5.41, 5.74) is 2.67. The highest BCUT2D eigenvalue weighted by Crippen LogP contribution is 2.20. The van der Waals surface area contributed by atoms with Gasteiger partial charge in [0.05, 0.1) is 22.5 Å². The molecule has 1 aromatic carbocycles. The largest absolute Gasteiger partial charge is 0.382 e. The molecule has 3 rings (SSSR count). The van der Waals surface area contributed by atoms with E-state index < -0.39 is 9.84 Å². The summed E-state index contributed by atoms with van der Waals surface area (Å²) in [4.78, 5) is 8.48. The highest BCUT2D eigenvalue weighted by molar-refractivity contribution is 7.91. The summed E-state index contributed by atoms with van der Waals surface area (Å²) in [7, 11) is -2.80. The Morgan fingerprint density at radius 2 is 1.74 bits per heavy atom. The number of hydrogen-bond donors (Lipinski definition) is 1. The summed E-state index contributed by atoms with van der Waals surface area (Å²) < 4.78 is 22.8. The number of rotatable bonds is 2. The predicted octanol–water partition coefficient (Wildman–Crippen LogP) is 1.62. The molecule has 0 amide bonds. The molecule has 0 atom stereocenters. The topological polar surface area (TPSA) is 72.0 Å². The first-order valence-corrected chi connectivity index (χ1v) is 8.12. The lowest BCUT2D eigenvalue weighted by atomic mass is 10.1. The molecule has 1 aliphatic heterocycles. The zero-order chi connectivity index (χ0) is 13.3. The van der Waals surface area contributed by atoms with Crippen molar-refractivity contribution in [3.8, 4) is 0 Å². The van der Waals surface area contributed by atoms with Crippen LogP contribution in [0.4, 0.5) is 5.69 Å². The van der Waals surface area contributed by atoms with E-state index in [9.17, 15) is 8.42 Å². The number of anilines is 1. The summed E-state index contributed by atoms with van der Waals surface area (Å²) in [6.45, 7) is 0. The first-order valence-electron chi connectivity index (χ1n) is 6.30. The van der Waals surface area contributed by atoms with Crippen molar-refractivity contribution in [3.05, 3.63) is 30.6 Å². The first-order chi connectivity index (χ1) is 9.12. The second kappa shape index (κ2) is 4.77. The summed E-state index contributed by atoms with van der Waals surface area (Å²) in [6, 6.07) is 6.05. The van der Waals surface area contributed by atoms with Crippen LogP contribution in [0.5, 0.6) is 0 Å². The SMILES string of the molecule is O=S1(=O)CCC(Nc2ccc3nccnc3c2)CC1. The number of sulfone groups is 1. The van der Waals surface area contributed by atoms with Gasteiger partial charge in [0.1, 0.15) is 9.84 Å². The third kappa shape index (κ3) is 2.84. The van der Waals surface area contributed by atoms with Crippen molar-refractivity contribution >= 4 is 26.6 Å². The minimum atomic E-state index is -2.80. The van der Waals surface area contributed by atoms with Crippen LogP contribution in [0.15, 0.2) is 30.6 Å². The Balaban J connectivity index is 1.75. The number of benzene rings is 1. The summed E-state index contributed by atoms with van der Waals surface area (Å²) in [5.74, 6) is 0.552. The monoisotopic (exact) mass is 277 g/mol. The zero-order valence-corrected chi connectivity index (χ0v) is 11.2. The van der Waals surface area contributed by atoms with Crippen LogP contribution < -0.4 is 5.32 Å². The van der Waals surface area contributed by atoms with E-state index in [-0.39, 0.29) is 17.5 Å². The summed E-state index contributed by atoms with van der Waals surface area (Å²) in [5, 5.41) is 3.38. The minimum Gasteiger partial charge on any atom is -0.382 e. The maximum atomic E-state index is 11.4. The van der Waals surface area contributed by atoms with E-state index in [1.54, 1.807) is 12.4 Å². The van der Waals surface area contributed by atoms with Crippen molar-refractivity contribution in [2.45, 2.75) is 18.9 Å². The van der Waals surface area contributed by atoms with Crippen LogP contribution >= 0.6 is 0 Å². The van der Waals surface area contributed by atoms with E-state index in [0.717, 1.165) is 16.7 Å². The van der Waals surface area contributed by atoms with Crippen molar-refractivity contribution in [2.24, 2.45) is 0 Å². The molecule has 6 heteroatoms. The van der Waals surface area contributed by atoms with Crippen LogP contribution in [-0.4, -0.2) is 35.9 Å². The first kappa shape index (κ1) is 12.3. The Morgan fingerprint density at radius 1 is 1.05 bits per heavy atom. The third-order valence-electron chi connectivity index (χ3n) is 3.39. The molecule has 2 aromatic rings. The van der Waals surface area contributed by atoms with E-state index in [2.05, 4.69) is 15.3 Å². The number of nitrogens with one attached hydrogen (secondary N) is 1. The second-order valence-electron chi connectivity index (χ2n) is 4.83. The van der Waals surface area contributed by atoms with Crippen LogP contribution in [0.3, 0.4) is 0 Å². The van der Waals surface area contributed by atoms with Crippen molar-refractivity contribution in [1.29, 1.82) is 0 Å². The van der Waals surface area contributed by atoms with Gasteiger partial charge in [-0.3, -0.25) is 9.97 Å². The molecule has 1 fully saturated rings. The van der Waals surface area contributed by atoms with Gasteiger partial charge in [-0.15, -0.1) is 0 Å². The van der Waals surface area contributed by atoms with E-state index in [1.807, 2.05) is 18.2 Å². The number of hydrogen-bond acceptors (Lipinski definition) is 5. The van der Waals surface area contributed by atoms with Gasteiger partial charge in [0.15, 0.2) is 0 Å². The molecule has 1 aromatic heterocycles. The molecular weight excluding hydrogens is 262 g/mol. The second-order valence-corrected chi connectivity index (χ2v) is 7.13. The average Bonchev–Trinajstić information content (AvgIpc) is 2.41. The predicted molar refractivity (Wildman–Crippen MR) is 74.8 cm³/mol. The number of aromatic nitrogens is 2. The Bertz CT molecular complexity index is 686. The maximum Gasteiger partial charge on any atom is 0.150 e. The molecule has 0 radical (unpaired) electrons. The van der Waals surface area contributed by atoms with Gasteiger partial charge in [-0.05, 0) is 31.0 Å². The van der Waals surface area contributed by atoms with Crippen LogP contribution in [0.25, 0.3) is 11.0 Å². The van der Waals surface area contributed by atoms with Gasteiger partial charge < -0.3 is 5.32 Å². The van der Waals surface area contributed by atoms with Gasteiger partial charge in [-0.2, -0.15) is 0 Å². The van der Waals surface area contributed by atoms with Crippen molar-refractivity contribution in [3.63, 3.8) is 0 Å².